The third-order valence-electron chi connectivity index (χ3n) is 4.60. The fourth-order valence-electron chi connectivity index (χ4n) is 3.44. The lowest BCUT2D eigenvalue weighted by molar-refractivity contribution is -0.137. The predicted molar refractivity (Wildman–Crippen MR) is 69.8 cm³/mol. The van der Waals surface area contributed by atoms with Crippen molar-refractivity contribution in [3.05, 3.63) is 0 Å². The summed E-state index contributed by atoms with van der Waals surface area (Å²) in [5, 5.41) is 3.42. The Balaban J connectivity index is 1.79. The molecule has 3 atom stereocenters. The first-order chi connectivity index (χ1) is 8.22. The van der Waals surface area contributed by atoms with Gasteiger partial charge in [-0.05, 0) is 45.1 Å². The largest absolute Gasteiger partial charge is 0.342 e. The summed E-state index contributed by atoms with van der Waals surface area (Å²) in [4.78, 5) is 14.1. The maximum absolute atomic E-state index is 12.0. The van der Waals surface area contributed by atoms with E-state index in [1.165, 1.54) is 32.1 Å². The number of likely N-dealkylation sites (tertiary alicyclic amines) is 1. The topological polar surface area (TPSA) is 32.3 Å². The number of rotatable bonds is 4. The first kappa shape index (κ1) is 12.9. The molecule has 0 bridgehead atoms. The molecule has 0 aromatic heterocycles. The Labute approximate surface area is 105 Å². The number of hydrogen-bond donors (Lipinski definition) is 1. The molecule has 0 spiro atoms. The lowest BCUT2D eigenvalue weighted by Gasteiger charge is -2.32. The second-order valence-corrected chi connectivity index (χ2v) is 5.74. The molecule has 2 aliphatic rings. The van der Waals surface area contributed by atoms with Gasteiger partial charge in [0.05, 0.1) is 0 Å². The van der Waals surface area contributed by atoms with Crippen LogP contribution in [-0.2, 0) is 4.79 Å². The second kappa shape index (κ2) is 5.85. The minimum Gasteiger partial charge on any atom is -0.342 e. The molecular formula is C14H26N2O. The molecule has 2 fully saturated rings. The molecular weight excluding hydrogens is 212 g/mol. The van der Waals surface area contributed by atoms with Crippen LogP contribution in [0.4, 0.5) is 0 Å². The average Bonchev–Trinajstić information content (AvgIpc) is 2.78. The van der Waals surface area contributed by atoms with Crippen LogP contribution in [0.2, 0.25) is 0 Å². The van der Waals surface area contributed by atoms with Gasteiger partial charge in [-0.15, -0.1) is 0 Å². The molecule has 1 amide bonds. The van der Waals surface area contributed by atoms with Crippen molar-refractivity contribution < 1.29 is 4.79 Å². The zero-order valence-corrected chi connectivity index (χ0v) is 11.2. The summed E-state index contributed by atoms with van der Waals surface area (Å²) in [6, 6.07) is 0.687. The first-order valence-electron chi connectivity index (χ1n) is 7.18. The molecule has 0 aromatic rings. The lowest BCUT2D eigenvalue weighted by atomic mass is 9.96. The van der Waals surface area contributed by atoms with Crippen LogP contribution in [0, 0.1) is 11.8 Å². The number of amides is 1. The first-order valence-corrected chi connectivity index (χ1v) is 7.18. The molecule has 1 N–H and O–H groups in total. The van der Waals surface area contributed by atoms with Gasteiger partial charge in [0.15, 0.2) is 0 Å². The van der Waals surface area contributed by atoms with Gasteiger partial charge in [-0.25, -0.2) is 0 Å². The molecule has 1 heterocycles. The Morgan fingerprint density at radius 3 is 2.88 bits per heavy atom. The van der Waals surface area contributed by atoms with Crippen LogP contribution in [0.1, 0.15) is 45.4 Å². The summed E-state index contributed by atoms with van der Waals surface area (Å²) < 4.78 is 0. The molecule has 0 radical (unpaired) electrons. The molecule has 17 heavy (non-hydrogen) atoms. The summed E-state index contributed by atoms with van der Waals surface area (Å²) in [7, 11) is 2.07. The van der Waals surface area contributed by atoms with Gasteiger partial charge in [0, 0.05) is 25.0 Å². The second-order valence-electron chi connectivity index (χ2n) is 5.74. The number of nitrogens with zero attached hydrogens (tertiary/aromatic N) is 1. The van der Waals surface area contributed by atoms with Gasteiger partial charge in [0.25, 0.3) is 0 Å². The van der Waals surface area contributed by atoms with E-state index < -0.39 is 0 Å². The Kier molecular flexibility index (Phi) is 4.43. The minimum absolute atomic E-state index is 0.257. The number of hydrogen-bond acceptors (Lipinski definition) is 2. The summed E-state index contributed by atoms with van der Waals surface area (Å²) >= 11 is 0. The monoisotopic (exact) mass is 238 g/mol. The van der Waals surface area contributed by atoms with Gasteiger partial charge in [0.1, 0.15) is 0 Å². The summed E-state index contributed by atoms with van der Waals surface area (Å²) in [5.41, 5.74) is 0. The van der Waals surface area contributed by atoms with Crippen LogP contribution in [0.5, 0.6) is 0 Å². The Hall–Kier alpha value is -0.570. The molecule has 1 aliphatic carbocycles. The SMILES string of the molecule is CNC1CCCC1CCN1CCCC(C)C1=O. The zero-order valence-electron chi connectivity index (χ0n) is 11.2. The van der Waals surface area contributed by atoms with Crippen molar-refractivity contribution in [1.29, 1.82) is 0 Å². The number of nitrogens with one attached hydrogen (secondary N) is 1. The number of carbonyl (C=O) groups is 1. The van der Waals surface area contributed by atoms with Crippen molar-refractivity contribution in [2.45, 2.75) is 51.5 Å². The van der Waals surface area contributed by atoms with Crippen molar-refractivity contribution in [3.63, 3.8) is 0 Å². The Morgan fingerprint density at radius 1 is 1.29 bits per heavy atom. The smallest absolute Gasteiger partial charge is 0.225 e. The summed E-state index contributed by atoms with van der Waals surface area (Å²) in [6.07, 6.45) is 7.45. The Bertz CT molecular complexity index is 267. The van der Waals surface area contributed by atoms with Crippen molar-refractivity contribution in [1.82, 2.24) is 10.2 Å². The molecule has 3 heteroatoms. The van der Waals surface area contributed by atoms with Gasteiger partial charge >= 0.3 is 0 Å². The number of piperidine rings is 1. The highest BCUT2D eigenvalue weighted by Gasteiger charge is 2.29. The van der Waals surface area contributed by atoms with Gasteiger partial charge in [-0.2, -0.15) is 0 Å². The molecule has 3 unspecified atom stereocenters. The molecule has 1 aliphatic heterocycles. The molecule has 98 valence electrons. The van der Waals surface area contributed by atoms with E-state index in [9.17, 15) is 4.79 Å². The average molecular weight is 238 g/mol. The van der Waals surface area contributed by atoms with Crippen molar-refractivity contribution in [3.8, 4) is 0 Å². The zero-order chi connectivity index (χ0) is 12.3. The van der Waals surface area contributed by atoms with E-state index in [0.717, 1.165) is 25.4 Å². The quantitative estimate of drug-likeness (QED) is 0.812. The molecule has 1 saturated heterocycles. The van der Waals surface area contributed by atoms with Gasteiger partial charge < -0.3 is 10.2 Å². The van der Waals surface area contributed by atoms with Gasteiger partial charge in [-0.3, -0.25) is 4.79 Å². The third-order valence-corrected chi connectivity index (χ3v) is 4.60. The van der Waals surface area contributed by atoms with E-state index >= 15 is 0 Å². The van der Waals surface area contributed by atoms with Crippen molar-refractivity contribution >= 4 is 5.91 Å². The maximum atomic E-state index is 12.0. The van der Waals surface area contributed by atoms with E-state index in [-0.39, 0.29) is 5.92 Å². The van der Waals surface area contributed by atoms with Crippen LogP contribution in [-0.4, -0.2) is 37.0 Å². The minimum atomic E-state index is 0.257. The van der Waals surface area contributed by atoms with Crippen LogP contribution >= 0.6 is 0 Å². The lowest BCUT2D eigenvalue weighted by Crippen LogP contribution is -2.42. The fraction of sp³-hybridized carbons (Fsp3) is 0.929. The molecule has 1 saturated carbocycles. The van der Waals surface area contributed by atoms with Crippen LogP contribution in [0.3, 0.4) is 0 Å². The normalized spacial score (nSPS) is 34.4. The van der Waals surface area contributed by atoms with E-state index in [4.69, 9.17) is 0 Å². The van der Waals surface area contributed by atoms with Crippen LogP contribution in [0.25, 0.3) is 0 Å². The molecule has 3 nitrogen and oxygen atoms in total. The highest BCUT2D eigenvalue weighted by atomic mass is 16.2. The van der Waals surface area contributed by atoms with E-state index in [2.05, 4.69) is 24.2 Å². The van der Waals surface area contributed by atoms with Gasteiger partial charge in [0.2, 0.25) is 5.91 Å². The highest BCUT2D eigenvalue weighted by molar-refractivity contribution is 5.79. The highest BCUT2D eigenvalue weighted by Crippen LogP contribution is 2.29. The third kappa shape index (κ3) is 3.01. The standard InChI is InChI=1S/C14H26N2O/c1-11-5-4-9-16(14(11)17)10-8-12-6-3-7-13(12)15-2/h11-13,15H,3-10H2,1-2H3. The predicted octanol–water partition coefficient (Wildman–Crippen LogP) is 2.02. The van der Waals surface area contributed by atoms with Gasteiger partial charge in [-0.1, -0.05) is 13.3 Å². The Morgan fingerprint density at radius 2 is 2.12 bits per heavy atom. The fourth-order valence-corrected chi connectivity index (χ4v) is 3.44. The van der Waals surface area contributed by atoms with Crippen molar-refractivity contribution in [2.75, 3.05) is 20.1 Å². The van der Waals surface area contributed by atoms with Crippen LogP contribution in [0.15, 0.2) is 0 Å². The van der Waals surface area contributed by atoms with E-state index in [0.29, 0.717) is 11.9 Å². The van der Waals surface area contributed by atoms with Crippen molar-refractivity contribution in [2.24, 2.45) is 11.8 Å². The maximum Gasteiger partial charge on any atom is 0.225 e. The van der Waals surface area contributed by atoms with E-state index in [1.54, 1.807) is 0 Å². The van der Waals surface area contributed by atoms with E-state index in [1.807, 2.05) is 0 Å². The molecule has 0 aromatic carbocycles. The summed E-state index contributed by atoms with van der Waals surface area (Å²) in [6.45, 7) is 4.03. The van der Waals surface area contributed by atoms with Crippen LogP contribution < -0.4 is 5.32 Å². The summed E-state index contributed by atoms with van der Waals surface area (Å²) in [5.74, 6) is 1.42. The molecule has 2 rings (SSSR count). The number of carbonyl (C=O) groups excluding carboxylic acids is 1.